The average Bonchev–Trinajstić information content (AvgIpc) is 2.66. The van der Waals surface area contributed by atoms with Crippen LogP contribution in [0.3, 0.4) is 0 Å². The molecule has 2 aromatic rings. The van der Waals surface area contributed by atoms with Crippen molar-refractivity contribution in [2.45, 2.75) is 25.7 Å². The molecule has 7 nitrogen and oxygen atoms in total. The molecule has 1 atom stereocenters. The quantitative estimate of drug-likeness (QED) is 0.416. The standard InChI is InChI=1S/C19H19NO6.K/c21-17(25-12-14-7-3-1-4-8-14)11-16(18(22)23)20-19(24)26-13-15-9-5-2-6-10-15;/h1-10,16H,11-13H2,(H,20,24)(H,22,23);/q;+1/p-1/t16-;/m0./s1. The SMILES string of the molecule is O=C(C[C@H](NC(=O)OCc1ccccc1)C(=O)[O-])OCc1ccccc1.[K+]. The largest absolute Gasteiger partial charge is 1.00 e. The van der Waals surface area contributed by atoms with Gasteiger partial charge >= 0.3 is 63.4 Å². The van der Waals surface area contributed by atoms with Crippen molar-refractivity contribution in [3.05, 3.63) is 71.8 Å². The van der Waals surface area contributed by atoms with Gasteiger partial charge in [-0.3, -0.25) is 4.79 Å². The molecule has 0 aliphatic heterocycles. The van der Waals surface area contributed by atoms with Gasteiger partial charge in [0.2, 0.25) is 0 Å². The number of carbonyl (C=O) groups excluding carboxylic acids is 3. The maximum atomic E-state index is 11.8. The summed E-state index contributed by atoms with van der Waals surface area (Å²) in [6.45, 7) is -0.0111. The Morgan fingerprint density at radius 1 is 0.852 bits per heavy atom. The van der Waals surface area contributed by atoms with Gasteiger partial charge in [0.05, 0.1) is 18.4 Å². The van der Waals surface area contributed by atoms with Crippen molar-refractivity contribution in [1.29, 1.82) is 0 Å². The second kappa shape index (κ2) is 12.6. The van der Waals surface area contributed by atoms with E-state index in [4.69, 9.17) is 9.47 Å². The minimum Gasteiger partial charge on any atom is -0.548 e. The molecule has 8 heteroatoms. The summed E-state index contributed by atoms with van der Waals surface area (Å²) in [5, 5.41) is 13.2. The van der Waals surface area contributed by atoms with Crippen LogP contribution >= 0.6 is 0 Å². The number of ether oxygens (including phenoxy) is 2. The summed E-state index contributed by atoms with van der Waals surface area (Å²) in [4.78, 5) is 34.6. The molecule has 0 spiro atoms. The molecule has 136 valence electrons. The second-order valence-electron chi connectivity index (χ2n) is 5.43. The normalized spacial score (nSPS) is 10.8. The fourth-order valence-corrected chi connectivity index (χ4v) is 2.06. The van der Waals surface area contributed by atoms with Crippen LogP contribution in [-0.4, -0.2) is 24.1 Å². The number of esters is 1. The van der Waals surface area contributed by atoms with E-state index in [0.29, 0.717) is 0 Å². The number of carboxylic acids is 1. The van der Waals surface area contributed by atoms with Gasteiger partial charge in [-0.2, -0.15) is 0 Å². The van der Waals surface area contributed by atoms with Crippen molar-refractivity contribution in [2.75, 3.05) is 0 Å². The Morgan fingerprint density at radius 3 is 1.81 bits per heavy atom. The third kappa shape index (κ3) is 9.16. The van der Waals surface area contributed by atoms with Crippen LogP contribution in [-0.2, 0) is 32.3 Å². The van der Waals surface area contributed by atoms with Crippen LogP contribution in [0.25, 0.3) is 0 Å². The second-order valence-corrected chi connectivity index (χ2v) is 5.43. The number of amides is 1. The van der Waals surface area contributed by atoms with Gasteiger partial charge in [0.1, 0.15) is 13.2 Å². The fourth-order valence-electron chi connectivity index (χ4n) is 2.06. The first kappa shape index (κ1) is 23.3. The van der Waals surface area contributed by atoms with Gasteiger partial charge in [-0.25, -0.2) is 4.79 Å². The van der Waals surface area contributed by atoms with E-state index in [-0.39, 0.29) is 64.6 Å². The minimum atomic E-state index is -1.60. The van der Waals surface area contributed by atoms with E-state index >= 15 is 0 Å². The molecule has 2 rings (SSSR count). The molecule has 0 unspecified atom stereocenters. The Labute approximate surface area is 199 Å². The summed E-state index contributed by atoms with van der Waals surface area (Å²) in [5.74, 6) is -2.37. The Bertz CT molecular complexity index is 681. The van der Waals surface area contributed by atoms with Crippen molar-refractivity contribution < 1.29 is 80.3 Å². The molecule has 2 aromatic carbocycles. The van der Waals surface area contributed by atoms with Crippen LogP contribution in [0, 0.1) is 0 Å². The van der Waals surface area contributed by atoms with Crippen LogP contribution in [0.2, 0.25) is 0 Å². The maximum Gasteiger partial charge on any atom is 1.00 e. The zero-order chi connectivity index (χ0) is 18.8. The predicted octanol–water partition coefficient (Wildman–Crippen LogP) is -1.83. The van der Waals surface area contributed by atoms with E-state index in [1.807, 2.05) is 12.1 Å². The van der Waals surface area contributed by atoms with Crippen molar-refractivity contribution in [3.63, 3.8) is 0 Å². The van der Waals surface area contributed by atoms with E-state index in [0.717, 1.165) is 11.1 Å². The Balaban J connectivity index is 0.00000364. The first-order valence-corrected chi connectivity index (χ1v) is 7.92. The van der Waals surface area contributed by atoms with Gasteiger partial charge in [0.25, 0.3) is 0 Å². The average molecular weight is 395 g/mol. The number of nitrogens with one attached hydrogen (secondary N) is 1. The molecule has 0 saturated carbocycles. The summed E-state index contributed by atoms with van der Waals surface area (Å²) >= 11 is 0. The van der Waals surface area contributed by atoms with Gasteiger partial charge < -0.3 is 24.7 Å². The molecule has 0 aliphatic carbocycles. The van der Waals surface area contributed by atoms with Crippen LogP contribution in [0.5, 0.6) is 0 Å². The molecule has 0 bridgehead atoms. The van der Waals surface area contributed by atoms with Gasteiger partial charge in [-0.15, -0.1) is 0 Å². The minimum absolute atomic E-state index is 0. The van der Waals surface area contributed by atoms with Crippen molar-refractivity contribution in [2.24, 2.45) is 0 Å². The fraction of sp³-hybridized carbons (Fsp3) is 0.211. The van der Waals surface area contributed by atoms with Crippen molar-refractivity contribution >= 4 is 18.0 Å². The van der Waals surface area contributed by atoms with Gasteiger partial charge in [-0.05, 0) is 11.1 Å². The third-order valence-electron chi connectivity index (χ3n) is 3.40. The number of rotatable bonds is 8. The molecule has 0 saturated heterocycles. The Morgan fingerprint density at radius 2 is 1.33 bits per heavy atom. The summed E-state index contributed by atoms with van der Waals surface area (Å²) in [6, 6.07) is 16.3. The monoisotopic (exact) mass is 395 g/mol. The third-order valence-corrected chi connectivity index (χ3v) is 3.40. The smallest absolute Gasteiger partial charge is 0.548 e. The van der Waals surface area contributed by atoms with Gasteiger partial charge in [0, 0.05) is 0 Å². The Hall–Kier alpha value is -1.71. The van der Waals surface area contributed by atoms with Crippen LogP contribution in [0.15, 0.2) is 60.7 Å². The molecule has 0 aromatic heterocycles. The molecule has 1 N–H and O–H groups in total. The van der Waals surface area contributed by atoms with E-state index in [2.05, 4.69) is 5.32 Å². The summed E-state index contributed by atoms with van der Waals surface area (Å²) in [6.07, 6.45) is -1.52. The number of aliphatic carboxylic acids is 1. The maximum absolute atomic E-state index is 11.8. The van der Waals surface area contributed by atoms with Crippen LogP contribution in [0.1, 0.15) is 17.5 Å². The zero-order valence-electron chi connectivity index (χ0n) is 14.9. The molecule has 0 fully saturated rings. The van der Waals surface area contributed by atoms with Gasteiger partial charge in [0.15, 0.2) is 0 Å². The predicted molar refractivity (Wildman–Crippen MR) is 89.4 cm³/mol. The van der Waals surface area contributed by atoms with Crippen molar-refractivity contribution in [1.82, 2.24) is 5.32 Å². The number of hydrogen-bond acceptors (Lipinski definition) is 6. The molecular weight excluding hydrogens is 377 g/mol. The van der Waals surface area contributed by atoms with E-state index < -0.39 is 30.5 Å². The first-order chi connectivity index (χ1) is 12.5. The van der Waals surface area contributed by atoms with E-state index in [1.165, 1.54) is 0 Å². The summed E-state index contributed by atoms with van der Waals surface area (Å²) in [7, 11) is 0. The topological polar surface area (TPSA) is 105 Å². The number of alkyl carbamates (subject to hydrolysis) is 1. The van der Waals surface area contributed by atoms with Crippen molar-refractivity contribution in [3.8, 4) is 0 Å². The molecule has 0 radical (unpaired) electrons. The molecule has 1 amide bonds. The van der Waals surface area contributed by atoms with Crippen LogP contribution < -0.4 is 61.8 Å². The number of carbonyl (C=O) groups is 3. The number of hydrogen-bond donors (Lipinski definition) is 1. The molecule has 0 aliphatic rings. The Kier molecular flexibility index (Phi) is 10.9. The van der Waals surface area contributed by atoms with Crippen LogP contribution in [0.4, 0.5) is 4.79 Å². The van der Waals surface area contributed by atoms with Gasteiger partial charge in [-0.1, -0.05) is 60.7 Å². The molecule has 0 heterocycles. The first-order valence-electron chi connectivity index (χ1n) is 7.92. The molecular formula is C19H18KNO6. The van der Waals surface area contributed by atoms with E-state index in [1.54, 1.807) is 48.5 Å². The number of carboxylic acid groups (broad SMARTS) is 1. The number of benzene rings is 2. The molecule has 27 heavy (non-hydrogen) atoms. The van der Waals surface area contributed by atoms with E-state index in [9.17, 15) is 19.5 Å². The summed E-state index contributed by atoms with van der Waals surface area (Å²) < 4.78 is 9.92. The summed E-state index contributed by atoms with van der Waals surface area (Å²) in [5.41, 5.74) is 1.51. The zero-order valence-corrected chi connectivity index (χ0v) is 18.0.